The Labute approximate surface area is 236 Å². The van der Waals surface area contributed by atoms with Crippen molar-refractivity contribution < 1.29 is 36.2 Å². The van der Waals surface area contributed by atoms with Crippen LogP contribution in [0.15, 0.2) is 48.8 Å². The Kier molecular flexibility index (Phi) is 7.87. The van der Waals surface area contributed by atoms with E-state index < -0.39 is 40.4 Å². The first-order valence-corrected chi connectivity index (χ1v) is 12.7. The highest BCUT2D eigenvalue weighted by molar-refractivity contribution is 6.34. The Morgan fingerprint density at radius 3 is 2.10 bits per heavy atom. The monoisotopic (exact) mass is 598 g/mol. The molecule has 2 aromatic carbocycles. The molecule has 0 aliphatic heterocycles. The van der Waals surface area contributed by atoms with Crippen molar-refractivity contribution >= 4 is 34.2 Å². The summed E-state index contributed by atoms with van der Waals surface area (Å²) in [6, 6.07) is 5.92. The minimum absolute atomic E-state index is 0.0191. The van der Waals surface area contributed by atoms with Crippen molar-refractivity contribution in [1.29, 1.82) is 0 Å². The first-order valence-electron chi connectivity index (χ1n) is 12.3. The van der Waals surface area contributed by atoms with E-state index in [9.17, 15) is 36.2 Å². The van der Waals surface area contributed by atoms with Crippen molar-refractivity contribution in [2.75, 3.05) is 11.9 Å². The summed E-state index contributed by atoms with van der Waals surface area (Å²) in [6.07, 6.45) is -7.25. The van der Waals surface area contributed by atoms with Gasteiger partial charge in [0.15, 0.2) is 5.65 Å². The fourth-order valence-corrected chi connectivity index (χ4v) is 4.83. The largest absolute Gasteiger partial charge is 0.416 e. The Morgan fingerprint density at radius 2 is 1.56 bits per heavy atom. The van der Waals surface area contributed by atoms with Gasteiger partial charge in [0, 0.05) is 35.1 Å². The molecular formula is C28H25ClF6N4O2. The maximum absolute atomic E-state index is 13.9. The van der Waals surface area contributed by atoms with Gasteiger partial charge in [-0.1, -0.05) is 17.7 Å². The number of aryl methyl sites for hydroxylation is 1. The van der Waals surface area contributed by atoms with Crippen LogP contribution in [-0.4, -0.2) is 32.8 Å². The van der Waals surface area contributed by atoms with E-state index in [0.717, 1.165) is 4.90 Å². The lowest BCUT2D eigenvalue weighted by Gasteiger charge is -2.32. The first kappa shape index (κ1) is 30.3. The number of hydrogen-bond donors (Lipinski definition) is 1. The van der Waals surface area contributed by atoms with Gasteiger partial charge in [-0.2, -0.15) is 31.4 Å². The molecule has 1 N–H and O–H groups in total. The number of nitrogens with zero attached hydrogens (tertiary/aromatic N) is 4. The summed E-state index contributed by atoms with van der Waals surface area (Å²) in [5.74, 6) is -0.801. The van der Waals surface area contributed by atoms with Gasteiger partial charge in [0.05, 0.1) is 41.2 Å². The van der Waals surface area contributed by atoms with E-state index in [0.29, 0.717) is 46.4 Å². The first-order chi connectivity index (χ1) is 19.0. The van der Waals surface area contributed by atoms with E-state index >= 15 is 0 Å². The summed E-state index contributed by atoms with van der Waals surface area (Å²) in [5, 5.41) is 14.8. The predicted molar refractivity (Wildman–Crippen MR) is 142 cm³/mol. The summed E-state index contributed by atoms with van der Waals surface area (Å²) in [4.78, 5) is 19.5. The minimum atomic E-state index is -5.07. The van der Waals surface area contributed by atoms with E-state index in [1.807, 2.05) is 6.92 Å². The third kappa shape index (κ3) is 5.62. The second kappa shape index (κ2) is 10.6. The summed E-state index contributed by atoms with van der Waals surface area (Å²) < 4.78 is 83.0. The fraction of sp³-hybridized carbons (Fsp3) is 0.321. The van der Waals surface area contributed by atoms with Crippen molar-refractivity contribution in [3.63, 3.8) is 0 Å². The second-order valence-corrected chi connectivity index (χ2v) is 10.4. The highest BCUT2D eigenvalue weighted by Crippen LogP contribution is 2.43. The van der Waals surface area contributed by atoms with Crippen molar-refractivity contribution in [2.45, 2.75) is 51.7 Å². The third-order valence-electron chi connectivity index (χ3n) is 6.94. The molecule has 1 amide bonds. The molecule has 4 rings (SSSR count). The van der Waals surface area contributed by atoms with Gasteiger partial charge in [0.2, 0.25) is 5.91 Å². The van der Waals surface area contributed by atoms with Crippen LogP contribution in [0.4, 0.5) is 32.0 Å². The van der Waals surface area contributed by atoms with Crippen molar-refractivity contribution in [3.8, 4) is 11.1 Å². The molecule has 0 saturated heterocycles. The quantitative estimate of drug-likeness (QED) is 0.238. The zero-order valence-electron chi connectivity index (χ0n) is 22.3. The van der Waals surface area contributed by atoms with E-state index in [4.69, 9.17) is 11.6 Å². The highest BCUT2D eigenvalue weighted by Gasteiger charge is 2.41. The average molecular weight is 599 g/mol. The Hall–Kier alpha value is -3.64. The molecule has 2 heterocycles. The van der Waals surface area contributed by atoms with Gasteiger partial charge < -0.3 is 10.0 Å². The molecule has 0 radical (unpaired) electrons. The molecule has 6 nitrogen and oxygen atoms in total. The van der Waals surface area contributed by atoms with E-state index in [1.165, 1.54) is 33.3 Å². The van der Waals surface area contributed by atoms with Gasteiger partial charge in [-0.3, -0.25) is 4.79 Å². The SMILES string of the molecule is CCn1ncc2c(-c3cc(CO)ccc3Cl)c(N(C)C(=O)C(C)(C)c3cc(C(F)(F)F)cc(C(F)(F)F)c3)cnc21. The lowest BCUT2D eigenvalue weighted by molar-refractivity contribution is -0.143. The number of anilines is 1. The molecule has 0 atom stereocenters. The van der Waals surface area contributed by atoms with Gasteiger partial charge in [0.1, 0.15) is 0 Å². The topological polar surface area (TPSA) is 71.2 Å². The molecular weight excluding hydrogens is 574 g/mol. The molecule has 13 heteroatoms. The van der Waals surface area contributed by atoms with Gasteiger partial charge in [-0.25, -0.2) is 9.67 Å². The number of aliphatic hydroxyl groups excluding tert-OH is 1. The van der Waals surface area contributed by atoms with Crippen LogP contribution in [0.3, 0.4) is 0 Å². The number of pyridine rings is 1. The van der Waals surface area contributed by atoms with Crippen LogP contribution in [0.25, 0.3) is 22.2 Å². The lowest BCUT2D eigenvalue weighted by atomic mass is 9.81. The highest BCUT2D eigenvalue weighted by atomic mass is 35.5. The number of benzene rings is 2. The number of carbonyl (C=O) groups is 1. The van der Waals surface area contributed by atoms with Crippen LogP contribution in [0.5, 0.6) is 0 Å². The van der Waals surface area contributed by atoms with Crippen molar-refractivity contribution in [1.82, 2.24) is 14.8 Å². The van der Waals surface area contributed by atoms with Crippen LogP contribution in [0.1, 0.15) is 43.0 Å². The van der Waals surface area contributed by atoms with Gasteiger partial charge in [-0.15, -0.1) is 0 Å². The minimum Gasteiger partial charge on any atom is -0.392 e. The zero-order valence-corrected chi connectivity index (χ0v) is 23.1. The number of amides is 1. The molecule has 4 aromatic rings. The summed E-state index contributed by atoms with van der Waals surface area (Å²) in [5.41, 5.74) is -3.35. The summed E-state index contributed by atoms with van der Waals surface area (Å²) >= 11 is 6.55. The molecule has 0 saturated carbocycles. The fourth-order valence-electron chi connectivity index (χ4n) is 4.62. The number of likely N-dealkylation sites (N-methyl/N-ethyl adjacent to an activating group) is 1. The number of fused-ring (bicyclic) bond motifs is 1. The standard InChI is InChI=1S/C28H25ClF6N4O2/c1-5-39-24-20(12-37-39)23(19-8-15(14-40)6-7-21(19)29)22(13-36-24)38(4)25(41)26(2,3)16-9-17(27(30,31)32)11-18(10-16)28(33,34)35/h6-13,40H,5,14H2,1-4H3. The van der Waals surface area contributed by atoms with Crippen LogP contribution < -0.4 is 4.90 Å². The molecule has 0 spiro atoms. The van der Waals surface area contributed by atoms with Gasteiger partial charge >= 0.3 is 12.4 Å². The average Bonchev–Trinajstić information content (AvgIpc) is 3.34. The summed E-state index contributed by atoms with van der Waals surface area (Å²) in [7, 11) is 1.35. The number of aliphatic hydroxyl groups is 1. The molecule has 0 unspecified atom stereocenters. The molecule has 2 aromatic heterocycles. The predicted octanol–water partition coefficient (Wildman–Crippen LogP) is 7.24. The van der Waals surface area contributed by atoms with Gasteiger partial charge in [0.25, 0.3) is 0 Å². The number of halogens is 7. The normalized spacial score (nSPS) is 12.7. The third-order valence-corrected chi connectivity index (χ3v) is 7.27. The zero-order chi connectivity index (χ0) is 30.5. The Bertz CT molecular complexity index is 1600. The molecule has 0 aliphatic carbocycles. The maximum Gasteiger partial charge on any atom is 0.416 e. The van der Waals surface area contributed by atoms with Gasteiger partial charge in [-0.05, 0) is 62.2 Å². The number of aromatic nitrogens is 3. The van der Waals surface area contributed by atoms with E-state index in [1.54, 1.807) is 22.9 Å². The number of alkyl halides is 6. The second-order valence-electron chi connectivity index (χ2n) is 9.97. The van der Waals surface area contributed by atoms with Crippen LogP contribution in [0, 0.1) is 0 Å². The summed E-state index contributed by atoms with van der Waals surface area (Å²) in [6.45, 7) is 4.52. The van der Waals surface area contributed by atoms with Crippen LogP contribution >= 0.6 is 11.6 Å². The molecule has 218 valence electrons. The molecule has 41 heavy (non-hydrogen) atoms. The number of carbonyl (C=O) groups excluding carboxylic acids is 1. The molecule has 0 aliphatic rings. The van der Waals surface area contributed by atoms with Crippen LogP contribution in [0.2, 0.25) is 5.02 Å². The Morgan fingerprint density at radius 1 is 0.976 bits per heavy atom. The number of rotatable bonds is 6. The van der Waals surface area contributed by atoms with Crippen molar-refractivity contribution in [2.24, 2.45) is 0 Å². The molecule has 0 fully saturated rings. The molecule has 0 bridgehead atoms. The number of hydrogen-bond acceptors (Lipinski definition) is 4. The maximum atomic E-state index is 13.9. The lowest BCUT2D eigenvalue weighted by Crippen LogP contribution is -2.42. The van der Waals surface area contributed by atoms with E-state index in [2.05, 4.69) is 10.1 Å². The van der Waals surface area contributed by atoms with E-state index in [-0.39, 0.29) is 23.4 Å². The van der Waals surface area contributed by atoms with Crippen molar-refractivity contribution in [3.05, 3.63) is 76.1 Å². The Balaban J connectivity index is 1.92. The smallest absolute Gasteiger partial charge is 0.392 e. The van der Waals surface area contributed by atoms with Crippen LogP contribution in [-0.2, 0) is 35.7 Å².